The van der Waals surface area contributed by atoms with Crippen LogP contribution in [0, 0.1) is 6.92 Å². The van der Waals surface area contributed by atoms with Crippen LogP contribution in [0.2, 0.25) is 0 Å². The maximum atomic E-state index is 12.0. The molecule has 1 aliphatic rings. The normalized spacial score (nSPS) is 24.3. The van der Waals surface area contributed by atoms with Gasteiger partial charge in [-0.15, -0.1) is 0 Å². The predicted molar refractivity (Wildman–Crippen MR) is 67.1 cm³/mol. The molecule has 1 aromatic rings. The van der Waals surface area contributed by atoms with Crippen LogP contribution in [0.25, 0.3) is 0 Å². The van der Waals surface area contributed by atoms with Gasteiger partial charge in [0.25, 0.3) is 0 Å². The summed E-state index contributed by atoms with van der Waals surface area (Å²) in [6, 6.07) is 0. The van der Waals surface area contributed by atoms with E-state index in [1.165, 1.54) is 0 Å². The lowest BCUT2D eigenvalue weighted by Gasteiger charge is -2.38. The number of carbonyl (C=O) groups is 1. The van der Waals surface area contributed by atoms with Crippen LogP contribution in [0.1, 0.15) is 51.2 Å². The first-order valence-corrected chi connectivity index (χ1v) is 6.64. The number of nitrogens with zero attached hydrogens (tertiary/aromatic N) is 3. The van der Waals surface area contributed by atoms with E-state index in [4.69, 9.17) is 4.52 Å². The molecule has 1 atom stereocenters. The number of hydrogen-bond donors (Lipinski definition) is 0. The second kappa shape index (κ2) is 5.08. The molecule has 0 spiro atoms. The lowest BCUT2D eigenvalue weighted by molar-refractivity contribution is -0.133. The number of piperidine rings is 1. The molecule has 1 saturated heterocycles. The van der Waals surface area contributed by atoms with Crippen LogP contribution < -0.4 is 0 Å². The molecule has 0 aromatic carbocycles. The summed E-state index contributed by atoms with van der Waals surface area (Å²) in [4.78, 5) is 18.2. The SMILES string of the molecule is CCCC(=O)N1CCCC(C)(c2nc(C)no2)C1. The van der Waals surface area contributed by atoms with E-state index in [2.05, 4.69) is 17.1 Å². The summed E-state index contributed by atoms with van der Waals surface area (Å²) in [5.74, 6) is 1.55. The molecule has 0 aliphatic carbocycles. The van der Waals surface area contributed by atoms with E-state index < -0.39 is 0 Å². The van der Waals surface area contributed by atoms with E-state index in [0.29, 0.717) is 24.7 Å². The van der Waals surface area contributed by atoms with Crippen LogP contribution in [-0.2, 0) is 10.2 Å². The largest absolute Gasteiger partial charge is 0.342 e. The van der Waals surface area contributed by atoms with Crippen molar-refractivity contribution in [1.29, 1.82) is 0 Å². The van der Waals surface area contributed by atoms with Gasteiger partial charge in [-0.2, -0.15) is 4.98 Å². The third-order valence-corrected chi connectivity index (χ3v) is 3.56. The van der Waals surface area contributed by atoms with Crippen LogP contribution >= 0.6 is 0 Å². The molecular weight excluding hydrogens is 230 g/mol. The van der Waals surface area contributed by atoms with E-state index in [1.807, 2.05) is 18.7 Å². The van der Waals surface area contributed by atoms with Crippen molar-refractivity contribution in [2.45, 2.75) is 51.9 Å². The Balaban J connectivity index is 2.12. The van der Waals surface area contributed by atoms with Gasteiger partial charge in [-0.25, -0.2) is 0 Å². The quantitative estimate of drug-likeness (QED) is 0.825. The van der Waals surface area contributed by atoms with Gasteiger partial charge in [-0.3, -0.25) is 4.79 Å². The van der Waals surface area contributed by atoms with Gasteiger partial charge in [0.1, 0.15) is 0 Å². The number of likely N-dealkylation sites (tertiary alicyclic amines) is 1. The summed E-state index contributed by atoms with van der Waals surface area (Å²) in [6.07, 6.45) is 3.50. The minimum Gasteiger partial charge on any atom is -0.342 e. The molecule has 2 rings (SSSR count). The molecule has 1 amide bonds. The van der Waals surface area contributed by atoms with Crippen molar-refractivity contribution in [3.05, 3.63) is 11.7 Å². The Hall–Kier alpha value is -1.39. The van der Waals surface area contributed by atoms with Crippen molar-refractivity contribution in [2.24, 2.45) is 0 Å². The Morgan fingerprint density at radius 1 is 1.56 bits per heavy atom. The average Bonchev–Trinajstić information content (AvgIpc) is 2.77. The zero-order valence-electron chi connectivity index (χ0n) is 11.4. The molecule has 1 aromatic heterocycles. The molecule has 1 aliphatic heterocycles. The van der Waals surface area contributed by atoms with Gasteiger partial charge < -0.3 is 9.42 Å². The number of aromatic nitrogens is 2. The van der Waals surface area contributed by atoms with Crippen LogP contribution in [0.4, 0.5) is 0 Å². The maximum Gasteiger partial charge on any atom is 0.234 e. The van der Waals surface area contributed by atoms with Gasteiger partial charge in [0.15, 0.2) is 5.82 Å². The molecule has 5 heteroatoms. The summed E-state index contributed by atoms with van der Waals surface area (Å²) >= 11 is 0. The highest BCUT2D eigenvalue weighted by Gasteiger charge is 2.38. The van der Waals surface area contributed by atoms with Gasteiger partial charge in [0.05, 0.1) is 5.41 Å². The third kappa shape index (κ3) is 2.54. The van der Waals surface area contributed by atoms with Gasteiger partial charge in [-0.05, 0) is 33.1 Å². The summed E-state index contributed by atoms with van der Waals surface area (Å²) in [5, 5.41) is 3.85. The van der Waals surface area contributed by atoms with Crippen LogP contribution in [0.15, 0.2) is 4.52 Å². The summed E-state index contributed by atoms with van der Waals surface area (Å²) in [5.41, 5.74) is -0.192. The molecule has 0 N–H and O–H groups in total. The molecule has 0 bridgehead atoms. The fourth-order valence-corrected chi connectivity index (χ4v) is 2.54. The number of rotatable bonds is 3. The van der Waals surface area contributed by atoms with Crippen molar-refractivity contribution in [3.63, 3.8) is 0 Å². The standard InChI is InChI=1S/C13H21N3O2/c1-4-6-11(17)16-8-5-7-13(3,9-16)12-14-10(2)15-18-12/h4-9H2,1-3H3. The Kier molecular flexibility index (Phi) is 3.68. The average molecular weight is 251 g/mol. The van der Waals surface area contributed by atoms with Crippen molar-refractivity contribution in [3.8, 4) is 0 Å². The lowest BCUT2D eigenvalue weighted by atomic mass is 9.81. The van der Waals surface area contributed by atoms with Gasteiger partial charge in [0.2, 0.25) is 11.8 Å². The zero-order valence-corrected chi connectivity index (χ0v) is 11.4. The van der Waals surface area contributed by atoms with Gasteiger partial charge >= 0.3 is 0 Å². The highest BCUT2D eigenvalue weighted by Crippen LogP contribution is 2.32. The monoisotopic (exact) mass is 251 g/mol. The number of aryl methyl sites for hydroxylation is 1. The molecule has 18 heavy (non-hydrogen) atoms. The summed E-state index contributed by atoms with van der Waals surface area (Å²) in [7, 11) is 0. The second-order valence-electron chi connectivity index (χ2n) is 5.38. The van der Waals surface area contributed by atoms with E-state index in [0.717, 1.165) is 25.8 Å². The van der Waals surface area contributed by atoms with E-state index in [1.54, 1.807) is 0 Å². The van der Waals surface area contributed by atoms with Crippen LogP contribution in [-0.4, -0.2) is 34.0 Å². The Labute approximate surface area is 108 Å². The highest BCUT2D eigenvalue weighted by atomic mass is 16.5. The van der Waals surface area contributed by atoms with Crippen molar-refractivity contribution in [2.75, 3.05) is 13.1 Å². The first kappa shape index (κ1) is 13.1. The maximum absolute atomic E-state index is 12.0. The third-order valence-electron chi connectivity index (χ3n) is 3.56. The van der Waals surface area contributed by atoms with Crippen molar-refractivity contribution in [1.82, 2.24) is 15.0 Å². The lowest BCUT2D eigenvalue weighted by Crippen LogP contribution is -2.47. The van der Waals surface area contributed by atoms with Gasteiger partial charge in [-0.1, -0.05) is 12.1 Å². The van der Waals surface area contributed by atoms with E-state index in [-0.39, 0.29) is 11.3 Å². The van der Waals surface area contributed by atoms with E-state index in [9.17, 15) is 4.79 Å². The fourth-order valence-electron chi connectivity index (χ4n) is 2.54. The molecule has 5 nitrogen and oxygen atoms in total. The number of carbonyl (C=O) groups excluding carboxylic acids is 1. The molecule has 100 valence electrons. The zero-order chi connectivity index (χ0) is 13.2. The molecule has 0 saturated carbocycles. The van der Waals surface area contributed by atoms with Crippen LogP contribution in [0.3, 0.4) is 0 Å². The summed E-state index contributed by atoms with van der Waals surface area (Å²) in [6.45, 7) is 7.49. The van der Waals surface area contributed by atoms with Crippen molar-refractivity contribution >= 4 is 5.91 Å². The summed E-state index contributed by atoms with van der Waals surface area (Å²) < 4.78 is 5.30. The predicted octanol–water partition coefficient (Wildman–Crippen LogP) is 2.06. The van der Waals surface area contributed by atoms with E-state index >= 15 is 0 Å². The first-order valence-electron chi connectivity index (χ1n) is 6.64. The minimum atomic E-state index is -0.192. The smallest absolute Gasteiger partial charge is 0.234 e. The Morgan fingerprint density at radius 2 is 2.33 bits per heavy atom. The molecule has 1 unspecified atom stereocenters. The first-order chi connectivity index (χ1) is 8.55. The minimum absolute atomic E-state index is 0.192. The Morgan fingerprint density at radius 3 is 2.94 bits per heavy atom. The number of amides is 1. The molecular formula is C13H21N3O2. The molecule has 1 fully saturated rings. The second-order valence-corrected chi connectivity index (χ2v) is 5.38. The fraction of sp³-hybridized carbons (Fsp3) is 0.769. The molecule has 0 radical (unpaired) electrons. The Bertz CT molecular complexity index is 430. The van der Waals surface area contributed by atoms with Crippen molar-refractivity contribution < 1.29 is 9.32 Å². The number of hydrogen-bond acceptors (Lipinski definition) is 4. The van der Waals surface area contributed by atoms with Crippen LogP contribution in [0.5, 0.6) is 0 Å². The molecule has 2 heterocycles. The highest BCUT2D eigenvalue weighted by molar-refractivity contribution is 5.76. The topological polar surface area (TPSA) is 59.2 Å². The van der Waals surface area contributed by atoms with Gasteiger partial charge in [0, 0.05) is 19.5 Å².